The Labute approximate surface area is 120 Å². The smallest absolute Gasteiger partial charge is 0.0566 e. The summed E-state index contributed by atoms with van der Waals surface area (Å²) >= 11 is 0. The Morgan fingerprint density at radius 3 is 3.00 bits per heavy atom. The standard InChI is InChI=1S/C17H21N3/c1-3-14-7-6-13(2)17(9-8-14)20-12-16(18)15-5-4-10-19-11-15/h4-7,9-12,20H,3,8,18H2,1-2H3/b16-12-. The molecule has 0 bridgehead atoms. The van der Waals surface area contributed by atoms with Crippen LogP contribution >= 0.6 is 0 Å². The summed E-state index contributed by atoms with van der Waals surface area (Å²) in [6, 6.07) is 3.82. The number of hydrogen-bond donors (Lipinski definition) is 2. The van der Waals surface area contributed by atoms with Crippen LogP contribution in [0.2, 0.25) is 0 Å². The van der Waals surface area contributed by atoms with Crippen LogP contribution in [0.4, 0.5) is 0 Å². The van der Waals surface area contributed by atoms with Gasteiger partial charge < -0.3 is 11.1 Å². The van der Waals surface area contributed by atoms with E-state index in [4.69, 9.17) is 5.73 Å². The molecule has 0 saturated heterocycles. The van der Waals surface area contributed by atoms with Crippen LogP contribution in [0.15, 0.2) is 65.8 Å². The first-order valence-corrected chi connectivity index (χ1v) is 6.90. The van der Waals surface area contributed by atoms with Gasteiger partial charge in [0.05, 0.1) is 5.70 Å². The summed E-state index contributed by atoms with van der Waals surface area (Å²) in [5, 5.41) is 3.30. The molecule has 0 spiro atoms. The highest BCUT2D eigenvalue weighted by atomic mass is 14.9. The molecule has 0 aliphatic heterocycles. The van der Waals surface area contributed by atoms with Crippen molar-refractivity contribution >= 4 is 5.70 Å². The van der Waals surface area contributed by atoms with Gasteiger partial charge in [0, 0.05) is 29.9 Å². The molecule has 3 N–H and O–H groups in total. The number of hydrogen-bond acceptors (Lipinski definition) is 3. The summed E-state index contributed by atoms with van der Waals surface area (Å²) in [5.74, 6) is 0. The highest BCUT2D eigenvalue weighted by molar-refractivity contribution is 5.61. The van der Waals surface area contributed by atoms with Crippen LogP contribution in [0, 0.1) is 0 Å². The van der Waals surface area contributed by atoms with Crippen molar-refractivity contribution in [2.24, 2.45) is 5.73 Å². The molecular weight excluding hydrogens is 246 g/mol. The number of nitrogens with one attached hydrogen (secondary N) is 1. The van der Waals surface area contributed by atoms with Crippen molar-refractivity contribution in [3.05, 3.63) is 71.4 Å². The molecule has 20 heavy (non-hydrogen) atoms. The molecule has 0 radical (unpaired) electrons. The van der Waals surface area contributed by atoms with E-state index in [1.807, 2.05) is 18.3 Å². The average molecular weight is 267 g/mol. The molecule has 1 aromatic heterocycles. The van der Waals surface area contributed by atoms with Gasteiger partial charge in [0.25, 0.3) is 0 Å². The highest BCUT2D eigenvalue weighted by Gasteiger charge is 2.03. The minimum absolute atomic E-state index is 0.680. The molecule has 1 aromatic rings. The Morgan fingerprint density at radius 1 is 1.45 bits per heavy atom. The fourth-order valence-electron chi connectivity index (χ4n) is 2.00. The van der Waals surface area contributed by atoms with Gasteiger partial charge in [-0.2, -0.15) is 0 Å². The molecule has 0 unspecified atom stereocenters. The van der Waals surface area contributed by atoms with E-state index in [0.717, 1.165) is 24.1 Å². The summed E-state index contributed by atoms with van der Waals surface area (Å²) in [6.07, 6.45) is 14.0. The number of pyridine rings is 1. The van der Waals surface area contributed by atoms with Gasteiger partial charge in [0.1, 0.15) is 0 Å². The molecule has 1 heterocycles. The third kappa shape index (κ3) is 3.60. The number of allylic oxidation sites excluding steroid dienone is 5. The quantitative estimate of drug-likeness (QED) is 0.878. The van der Waals surface area contributed by atoms with Gasteiger partial charge in [0.15, 0.2) is 0 Å². The third-order valence-corrected chi connectivity index (χ3v) is 3.39. The largest absolute Gasteiger partial charge is 0.397 e. The second-order valence-corrected chi connectivity index (χ2v) is 4.84. The lowest BCUT2D eigenvalue weighted by atomic mass is 10.1. The lowest BCUT2D eigenvalue weighted by molar-refractivity contribution is 1.00. The van der Waals surface area contributed by atoms with Crippen LogP contribution in [-0.4, -0.2) is 4.98 Å². The lowest BCUT2D eigenvalue weighted by Crippen LogP contribution is -2.10. The van der Waals surface area contributed by atoms with E-state index >= 15 is 0 Å². The Kier molecular flexibility index (Phi) is 4.77. The van der Waals surface area contributed by atoms with E-state index in [1.54, 1.807) is 12.4 Å². The molecule has 0 fully saturated rings. The van der Waals surface area contributed by atoms with E-state index in [-0.39, 0.29) is 0 Å². The lowest BCUT2D eigenvalue weighted by Gasteiger charge is -2.08. The summed E-state index contributed by atoms with van der Waals surface area (Å²) in [6.45, 7) is 4.28. The van der Waals surface area contributed by atoms with Crippen molar-refractivity contribution in [3.63, 3.8) is 0 Å². The molecule has 2 rings (SSSR count). The molecule has 104 valence electrons. The van der Waals surface area contributed by atoms with E-state index in [1.165, 1.54) is 11.1 Å². The van der Waals surface area contributed by atoms with Gasteiger partial charge in [-0.05, 0) is 37.5 Å². The van der Waals surface area contributed by atoms with Crippen molar-refractivity contribution in [2.75, 3.05) is 0 Å². The number of rotatable bonds is 4. The Bertz CT molecular complexity index is 578. The van der Waals surface area contributed by atoms with Crippen LogP contribution in [0.1, 0.15) is 32.3 Å². The first-order chi connectivity index (χ1) is 9.70. The first kappa shape index (κ1) is 14.1. The zero-order valence-electron chi connectivity index (χ0n) is 12.1. The summed E-state index contributed by atoms with van der Waals surface area (Å²) < 4.78 is 0. The Hall–Kier alpha value is -2.29. The van der Waals surface area contributed by atoms with Gasteiger partial charge in [-0.15, -0.1) is 0 Å². The molecule has 3 nitrogen and oxygen atoms in total. The van der Waals surface area contributed by atoms with Crippen LogP contribution in [0.3, 0.4) is 0 Å². The minimum atomic E-state index is 0.680. The number of aromatic nitrogens is 1. The monoisotopic (exact) mass is 267 g/mol. The number of nitrogens with zero attached hydrogens (tertiary/aromatic N) is 1. The third-order valence-electron chi connectivity index (χ3n) is 3.39. The number of nitrogens with two attached hydrogens (primary N) is 1. The molecule has 3 heteroatoms. The summed E-state index contributed by atoms with van der Waals surface area (Å²) in [7, 11) is 0. The van der Waals surface area contributed by atoms with Gasteiger partial charge >= 0.3 is 0 Å². The molecule has 0 atom stereocenters. The van der Waals surface area contributed by atoms with Crippen LogP contribution < -0.4 is 11.1 Å². The van der Waals surface area contributed by atoms with E-state index in [2.05, 4.69) is 42.4 Å². The molecule has 0 aromatic carbocycles. The first-order valence-electron chi connectivity index (χ1n) is 6.90. The summed E-state index contributed by atoms with van der Waals surface area (Å²) in [4.78, 5) is 4.07. The zero-order valence-corrected chi connectivity index (χ0v) is 12.1. The van der Waals surface area contributed by atoms with Gasteiger partial charge in [-0.3, -0.25) is 4.98 Å². The Balaban J connectivity index is 2.09. The topological polar surface area (TPSA) is 50.9 Å². The van der Waals surface area contributed by atoms with E-state index in [0.29, 0.717) is 5.70 Å². The van der Waals surface area contributed by atoms with Crippen molar-refractivity contribution in [3.8, 4) is 0 Å². The molecule has 0 amide bonds. The maximum absolute atomic E-state index is 6.05. The minimum Gasteiger partial charge on any atom is -0.397 e. The van der Waals surface area contributed by atoms with E-state index < -0.39 is 0 Å². The highest BCUT2D eigenvalue weighted by Crippen LogP contribution is 2.18. The maximum Gasteiger partial charge on any atom is 0.0566 e. The molecule has 0 saturated carbocycles. The predicted molar refractivity (Wildman–Crippen MR) is 84.4 cm³/mol. The van der Waals surface area contributed by atoms with Gasteiger partial charge in [-0.25, -0.2) is 0 Å². The van der Waals surface area contributed by atoms with Crippen LogP contribution in [-0.2, 0) is 0 Å². The molecule has 1 aliphatic rings. The van der Waals surface area contributed by atoms with Crippen molar-refractivity contribution < 1.29 is 0 Å². The van der Waals surface area contributed by atoms with Gasteiger partial charge in [0.2, 0.25) is 0 Å². The molecular formula is C17H21N3. The summed E-state index contributed by atoms with van der Waals surface area (Å²) in [5.41, 5.74) is 11.4. The Morgan fingerprint density at radius 2 is 2.30 bits per heavy atom. The van der Waals surface area contributed by atoms with Crippen molar-refractivity contribution in [2.45, 2.75) is 26.7 Å². The molecule has 1 aliphatic carbocycles. The predicted octanol–water partition coefficient (Wildman–Crippen LogP) is 3.50. The van der Waals surface area contributed by atoms with Crippen molar-refractivity contribution in [1.82, 2.24) is 10.3 Å². The second kappa shape index (κ2) is 6.75. The van der Waals surface area contributed by atoms with Crippen LogP contribution in [0.25, 0.3) is 5.70 Å². The second-order valence-electron chi connectivity index (χ2n) is 4.84. The van der Waals surface area contributed by atoms with E-state index in [9.17, 15) is 0 Å². The van der Waals surface area contributed by atoms with Gasteiger partial charge in [-0.1, -0.05) is 30.7 Å². The SMILES string of the molecule is CCC1=CC=C(C)C(N/C=C(\N)c2cccnc2)=CC1. The average Bonchev–Trinajstić information content (AvgIpc) is 2.67. The fraction of sp³-hybridized carbons (Fsp3) is 0.235. The van der Waals surface area contributed by atoms with Crippen molar-refractivity contribution in [1.29, 1.82) is 0 Å². The zero-order chi connectivity index (χ0) is 14.4. The van der Waals surface area contributed by atoms with Crippen LogP contribution in [0.5, 0.6) is 0 Å². The maximum atomic E-state index is 6.05. The fourth-order valence-corrected chi connectivity index (χ4v) is 2.00. The normalized spacial score (nSPS) is 15.9.